The Morgan fingerprint density at radius 1 is 1.11 bits per heavy atom. The first-order valence-electron chi connectivity index (χ1n) is 8.76. The largest absolute Gasteiger partial charge is 0.354 e. The van der Waals surface area contributed by atoms with Gasteiger partial charge in [-0.25, -0.2) is 12.8 Å². The predicted octanol–water partition coefficient (Wildman–Crippen LogP) is 3.04. The zero-order chi connectivity index (χ0) is 20.0. The number of anilines is 1. The summed E-state index contributed by atoms with van der Waals surface area (Å²) in [4.78, 5) is 12.5. The fraction of sp³-hybridized carbons (Fsp3) is 0.350. The highest BCUT2D eigenvalue weighted by molar-refractivity contribution is 7.92. The van der Waals surface area contributed by atoms with Gasteiger partial charge >= 0.3 is 0 Å². The molecule has 0 saturated heterocycles. The number of amides is 1. The van der Waals surface area contributed by atoms with Gasteiger partial charge in [0.1, 0.15) is 11.9 Å². The van der Waals surface area contributed by atoms with Gasteiger partial charge in [0.15, 0.2) is 0 Å². The number of nitrogens with zero attached hydrogens (tertiary/aromatic N) is 1. The van der Waals surface area contributed by atoms with Crippen LogP contribution in [0.2, 0.25) is 0 Å². The van der Waals surface area contributed by atoms with Crippen molar-refractivity contribution in [1.29, 1.82) is 0 Å². The molecular weight excluding hydrogens is 367 g/mol. The van der Waals surface area contributed by atoms with Gasteiger partial charge in [-0.3, -0.25) is 9.10 Å². The molecule has 2 rings (SSSR count). The molecule has 1 atom stereocenters. The molecule has 2 aromatic rings. The van der Waals surface area contributed by atoms with E-state index in [4.69, 9.17) is 0 Å². The average molecular weight is 392 g/mol. The summed E-state index contributed by atoms with van der Waals surface area (Å²) in [5, 5.41) is 2.78. The van der Waals surface area contributed by atoms with Gasteiger partial charge in [0.05, 0.1) is 11.9 Å². The number of carbonyl (C=O) groups excluding carboxylic acids is 1. The normalized spacial score (nSPS) is 12.4. The van der Waals surface area contributed by atoms with Crippen LogP contribution in [0.25, 0.3) is 0 Å². The molecule has 1 unspecified atom stereocenters. The molecule has 5 nitrogen and oxygen atoms in total. The standard InChI is InChI=1S/C20H25FN2O3S/c1-15-6-12-19(13-7-15)23(27(3,25)26)16(2)20(24)22-14-4-5-17-8-10-18(21)11-9-17/h6-13,16H,4-5,14H2,1-3H3,(H,22,24). The van der Waals surface area contributed by atoms with E-state index in [0.717, 1.165) is 21.7 Å². The Bertz CT molecular complexity index is 865. The van der Waals surface area contributed by atoms with E-state index in [-0.39, 0.29) is 11.7 Å². The van der Waals surface area contributed by atoms with Crippen molar-refractivity contribution in [3.05, 3.63) is 65.5 Å². The zero-order valence-electron chi connectivity index (χ0n) is 15.8. The zero-order valence-corrected chi connectivity index (χ0v) is 16.6. The number of sulfonamides is 1. The van der Waals surface area contributed by atoms with E-state index in [0.29, 0.717) is 25.1 Å². The summed E-state index contributed by atoms with van der Waals surface area (Å²) in [5.74, 6) is -0.641. The van der Waals surface area contributed by atoms with Crippen LogP contribution in [0, 0.1) is 12.7 Å². The summed E-state index contributed by atoms with van der Waals surface area (Å²) in [6.45, 7) is 3.88. The van der Waals surface area contributed by atoms with Gasteiger partial charge < -0.3 is 5.32 Å². The summed E-state index contributed by atoms with van der Waals surface area (Å²) in [6.07, 6.45) is 2.46. The summed E-state index contributed by atoms with van der Waals surface area (Å²) in [7, 11) is -3.62. The Morgan fingerprint density at radius 3 is 2.26 bits per heavy atom. The molecule has 0 radical (unpaired) electrons. The van der Waals surface area contributed by atoms with Crippen LogP contribution in [0.1, 0.15) is 24.5 Å². The first-order valence-corrected chi connectivity index (χ1v) is 10.6. The lowest BCUT2D eigenvalue weighted by atomic mass is 10.1. The molecule has 1 amide bonds. The van der Waals surface area contributed by atoms with E-state index in [1.54, 1.807) is 43.3 Å². The predicted molar refractivity (Wildman–Crippen MR) is 106 cm³/mol. The van der Waals surface area contributed by atoms with Gasteiger partial charge in [-0.15, -0.1) is 0 Å². The van der Waals surface area contributed by atoms with Crippen LogP contribution >= 0.6 is 0 Å². The van der Waals surface area contributed by atoms with Gasteiger partial charge in [-0.05, 0) is 56.5 Å². The van der Waals surface area contributed by atoms with E-state index in [1.165, 1.54) is 12.1 Å². The molecule has 2 aromatic carbocycles. The summed E-state index contributed by atoms with van der Waals surface area (Å²) in [6, 6.07) is 12.4. The first-order chi connectivity index (χ1) is 12.7. The molecule has 27 heavy (non-hydrogen) atoms. The van der Waals surface area contributed by atoms with Crippen molar-refractivity contribution < 1.29 is 17.6 Å². The molecule has 0 heterocycles. The Kier molecular flexibility index (Phi) is 6.96. The Morgan fingerprint density at radius 2 is 1.70 bits per heavy atom. The molecular formula is C20H25FN2O3S. The van der Waals surface area contributed by atoms with Gasteiger partial charge in [0.2, 0.25) is 15.9 Å². The third-order valence-corrected chi connectivity index (χ3v) is 5.47. The summed E-state index contributed by atoms with van der Waals surface area (Å²) in [5.41, 5.74) is 2.44. The minimum absolute atomic E-state index is 0.280. The SMILES string of the molecule is Cc1ccc(N(C(C)C(=O)NCCCc2ccc(F)cc2)S(C)(=O)=O)cc1. The number of hydrogen-bond acceptors (Lipinski definition) is 3. The molecule has 0 bridgehead atoms. The van der Waals surface area contributed by atoms with Gasteiger partial charge in [-0.2, -0.15) is 0 Å². The third-order valence-electron chi connectivity index (χ3n) is 4.23. The molecule has 0 aliphatic rings. The molecule has 0 aromatic heterocycles. The second-order valence-electron chi connectivity index (χ2n) is 6.59. The summed E-state index contributed by atoms with van der Waals surface area (Å²) < 4.78 is 38.5. The number of carbonyl (C=O) groups is 1. The smallest absolute Gasteiger partial charge is 0.243 e. The van der Waals surface area contributed by atoms with E-state index in [9.17, 15) is 17.6 Å². The molecule has 0 saturated carbocycles. The number of benzene rings is 2. The maximum atomic E-state index is 12.9. The Balaban J connectivity index is 1.96. The fourth-order valence-electron chi connectivity index (χ4n) is 2.80. The van der Waals surface area contributed by atoms with Crippen molar-refractivity contribution in [2.45, 2.75) is 32.7 Å². The van der Waals surface area contributed by atoms with Crippen molar-refractivity contribution in [3.8, 4) is 0 Å². The highest BCUT2D eigenvalue weighted by Gasteiger charge is 2.28. The lowest BCUT2D eigenvalue weighted by Crippen LogP contribution is -2.48. The second kappa shape index (κ2) is 8.99. The van der Waals surface area contributed by atoms with E-state index < -0.39 is 16.1 Å². The van der Waals surface area contributed by atoms with Crippen LogP contribution in [-0.2, 0) is 21.2 Å². The number of nitrogens with one attached hydrogen (secondary N) is 1. The average Bonchev–Trinajstić information content (AvgIpc) is 2.60. The third kappa shape index (κ3) is 6.06. The lowest BCUT2D eigenvalue weighted by Gasteiger charge is -2.28. The van der Waals surface area contributed by atoms with Crippen molar-refractivity contribution in [3.63, 3.8) is 0 Å². The van der Waals surface area contributed by atoms with Gasteiger partial charge in [-0.1, -0.05) is 29.8 Å². The molecule has 0 aliphatic heterocycles. The molecule has 146 valence electrons. The van der Waals surface area contributed by atoms with Crippen molar-refractivity contribution in [1.82, 2.24) is 5.32 Å². The summed E-state index contributed by atoms with van der Waals surface area (Å²) >= 11 is 0. The number of halogens is 1. The van der Waals surface area contributed by atoms with Gasteiger partial charge in [0, 0.05) is 6.54 Å². The van der Waals surface area contributed by atoms with Crippen LogP contribution < -0.4 is 9.62 Å². The maximum Gasteiger partial charge on any atom is 0.243 e. The van der Waals surface area contributed by atoms with Crippen LogP contribution in [0.3, 0.4) is 0 Å². The van der Waals surface area contributed by atoms with Crippen LogP contribution in [0.15, 0.2) is 48.5 Å². The topological polar surface area (TPSA) is 66.5 Å². The quantitative estimate of drug-likeness (QED) is 0.702. The minimum atomic E-state index is -3.62. The van der Waals surface area contributed by atoms with Crippen LogP contribution in [0.4, 0.5) is 10.1 Å². The lowest BCUT2D eigenvalue weighted by molar-refractivity contribution is -0.121. The van der Waals surface area contributed by atoms with Crippen LogP contribution in [-0.4, -0.2) is 33.2 Å². The number of aryl methyl sites for hydroxylation is 2. The maximum absolute atomic E-state index is 12.9. The Labute approximate surface area is 160 Å². The Hall–Kier alpha value is -2.41. The minimum Gasteiger partial charge on any atom is -0.354 e. The fourth-order valence-corrected chi connectivity index (χ4v) is 3.98. The molecule has 0 spiro atoms. The van der Waals surface area contributed by atoms with Crippen molar-refractivity contribution in [2.24, 2.45) is 0 Å². The van der Waals surface area contributed by atoms with E-state index in [1.807, 2.05) is 6.92 Å². The number of hydrogen-bond donors (Lipinski definition) is 1. The second-order valence-corrected chi connectivity index (χ2v) is 8.45. The van der Waals surface area contributed by atoms with E-state index in [2.05, 4.69) is 5.32 Å². The first kappa shape index (κ1) is 20.9. The molecule has 1 N–H and O–H groups in total. The van der Waals surface area contributed by atoms with Crippen molar-refractivity contribution >= 4 is 21.6 Å². The highest BCUT2D eigenvalue weighted by atomic mass is 32.2. The highest BCUT2D eigenvalue weighted by Crippen LogP contribution is 2.21. The number of rotatable bonds is 8. The molecule has 7 heteroatoms. The van der Waals surface area contributed by atoms with Crippen molar-refractivity contribution in [2.75, 3.05) is 17.1 Å². The molecule has 0 fully saturated rings. The monoisotopic (exact) mass is 392 g/mol. The van der Waals surface area contributed by atoms with Crippen LogP contribution in [0.5, 0.6) is 0 Å². The van der Waals surface area contributed by atoms with E-state index >= 15 is 0 Å². The molecule has 0 aliphatic carbocycles. The van der Waals surface area contributed by atoms with Gasteiger partial charge in [0.25, 0.3) is 0 Å².